The molecule has 0 spiro atoms. The zero-order valence-electron chi connectivity index (χ0n) is 13.2. The van der Waals surface area contributed by atoms with Crippen LogP contribution in [0, 0.1) is 19.7 Å². The minimum atomic E-state index is -0.394. The quantitative estimate of drug-likeness (QED) is 0.851. The van der Waals surface area contributed by atoms with Crippen molar-refractivity contribution in [1.82, 2.24) is 5.16 Å². The van der Waals surface area contributed by atoms with Crippen LogP contribution in [0.25, 0.3) is 0 Å². The molecule has 0 aliphatic carbocycles. The second-order valence-electron chi connectivity index (χ2n) is 5.81. The van der Waals surface area contributed by atoms with Crippen molar-refractivity contribution in [2.45, 2.75) is 39.5 Å². The van der Waals surface area contributed by atoms with E-state index in [2.05, 4.69) is 5.16 Å². The average Bonchev–Trinajstić information content (AvgIpc) is 2.87. The van der Waals surface area contributed by atoms with E-state index in [0.717, 1.165) is 29.0 Å². The van der Waals surface area contributed by atoms with Crippen molar-refractivity contribution < 1.29 is 13.7 Å². The number of amides is 1. The van der Waals surface area contributed by atoms with Crippen molar-refractivity contribution >= 4 is 23.2 Å². The van der Waals surface area contributed by atoms with Crippen LogP contribution in [-0.4, -0.2) is 17.6 Å². The molecule has 23 heavy (non-hydrogen) atoms. The molecule has 0 unspecified atom stereocenters. The van der Waals surface area contributed by atoms with Gasteiger partial charge in [-0.15, -0.1) is 0 Å². The standard InChI is InChI=1S/C17H18ClFN2O2/c1-10-12(11(2)23-20-10)5-8-16(22)21-9-3-4-13-14(18)6-7-15(19)17(13)21/h6-7H,3-5,8-9H2,1-2H3. The maximum atomic E-state index is 14.2. The highest BCUT2D eigenvalue weighted by atomic mass is 35.5. The molecule has 4 nitrogen and oxygen atoms in total. The maximum Gasteiger partial charge on any atom is 0.227 e. The van der Waals surface area contributed by atoms with Crippen molar-refractivity contribution in [3.8, 4) is 0 Å². The van der Waals surface area contributed by atoms with Gasteiger partial charge in [0.25, 0.3) is 0 Å². The molecule has 0 bridgehead atoms. The number of halogens is 2. The molecule has 2 heterocycles. The van der Waals surface area contributed by atoms with Gasteiger partial charge >= 0.3 is 0 Å². The third-order valence-electron chi connectivity index (χ3n) is 4.33. The van der Waals surface area contributed by atoms with Gasteiger partial charge < -0.3 is 9.42 Å². The Labute approximate surface area is 139 Å². The highest BCUT2D eigenvalue weighted by Crippen LogP contribution is 2.35. The van der Waals surface area contributed by atoms with Gasteiger partial charge in [-0.2, -0.15) is 0 Å². The Morgan fingerprint density at radius 3 is 2.91 bits per heavy atom. The molecule has 1 aliphatic heterocycles. The summed E-state index contributed by atoms with van der Waals surface area (Å²) >= 11 is 6.16. The summed E-state index contributed by atoms with van der Waals surface area (Å²) in [5.41, 5.74) is 2.81. The number of hydrogen-bond acceptors (Lipinski definition) is 3. The Morgan fingerprint density at radius 1 is 1.43 bits per heavy atom. The first-order valence-electron chi connectivity index (χ1n) is 7.68. The van der Waals surface area contributed by atoms with Gasteiger partial charge in [-0.3, -0.25) is 4.79 Å². The number of aromatic nitrogens is 1. The maximum absolute atomic E-state index is 14.2. The normalized spacial score (nSPS) is 14.0. The van der Waals surface area contributed by atoms with Gasteiger partial charge in [0, 0.05) is 23.6 Å². The summed E-state index contributed by atoms with van der Waals surface area (Å²) in [6.45, 7) is 4.20. The molecule has 6 heteroatoms. The largest absolute Gasteiger partial charge is 0.361 e. The van der Waals surface area contributed by atoms with Gasteiger partial charge in [0.1, 0.15) is 11.6 Å². The van der Waals surface area contributed by atoms with Crippen molar-refractivity contribution in [2.75, 3.05) is 11.4 Å². The van der Waals surface area contributed by atoms with Gasteiger partial charge in [-0.05, 0) is 50.8 Å². The molecule has 1 aromatic carbocycles. The highest BCUT2D eigenvalue weighted by Gasteiger charge is 2.27. The molecular weight excluding hydrogens is 319 g/mol. The summed E-state index contributed by atoms with van der Waals surface area (Å²) in [6, 6.07) is 2.87. The third-order valence-corrected chi connectivity index (χ3v) is 4.68. The number of hydrogen-bond donors (Lipinski definition) is 0. The van der Waals surface area contributed by atoms with Crippen LogP contribution in [-0.2, 0) is 17.6 Å². The van der Waals surface area contributed by atoms with Gasteiger partial charge in [0.15, 0.2) is 0 Å². The number of carbonyl (C=O) groups excluding carboxylic acids is 1. The fourth-order valence-corrected chi connectivity index (χ4v) is 3.36. The second-order valence-corrected chi connectivity index (χ2v) is 6.22. The Balaban J connectivity index is 1.81. The van der Waals surface area contributed by atoms with Crippen LogP contribution in [0.4, 0.5) is 10.1 Å². The molecule has 1 amide bonds. The molecule has 3 rings (SSSR count). The van der Waals surface area contributed by atoms with E-state index in [9.17, 15) is 9.18 Å². The summed E-state index contributed by atoms with van der Waals surface area (Å²) in [5.74, 6) is 0.227. The molecule has 122 valence electrons. The van der Waals surface area contributed by atoms with E-state index in [4.69, 9.17) is 16.1 Å². The lowest BCUT2D eigenvalue weighted by atomic mass is 10.00. The number of carbonyl (C=O) groups is 1. The lowest BCUT2D eigenvalue weighted by Gasteiger charge is -2.30. The first kappa shape index (κ1) is 16.0. The van der Waals surface area contributed by atoms with Gasteiger partial charge in [0.2, 0.25) is 5.91 Å². The van der Waals surface area contributed by atoms with E-state index < -0.39 is 5.82 Å². The molecule has 0 atom stereocenters. The molecule has 0 fully saturated rings. The topological polar surface area (TPSA) is 46.3 Å². The molecule has 0 radical (unpaired) electrons. The Hall–Kier alpha value is -1.88. The van der Waals surface area contributed by atoms with E-state index in [1.807, 2.05) is 13.8 Å². The van der Waals surface area contributed by atoms with Crippen LogP contribution in [0.5, 0.6) is 0 Å². The van der Waals surface area contributed by atoms with Crippen LogP contribution < -0.4 is 4.90 Å². The lowest BCUT2D eigenvalue weighted by Crippen LogP contribution is -2.36. The molecule has 0 saturated carbocycles. The fourth-order valence-electron chi connectivity index (χ4n) is 3.11. The summed E-state index contributed by atoms with van der Waals surface area (Å²) in [5, 5.41) is 4.41. The molecule has 1 aromatic heterocycles. The predicted molar refractivity (Wildman–Crippen MR) is 86.4 cm³/mol. The number of rotatable bonds is 3. The second kappa shape index (κ2) is 6.32. The van der Waals surface area contributed by atoms with Crippen LogP contribution in [0.2, 0.25) is 5.02 Å². The number of benzene rings is 1. The van der Waals surface area contributed by atoms with E-state index in [0.29, 0.717) is 30.1 Å². The van der Waals surface area contributed by atoms with E-state index in [1.165, 1.54) is 11.0 Å². The minimum Gasteiger partial charge on any atom is -0.361 e. The molecule has 0 N–H and O–H groups in total. The van der Waals surface area contributed by atoms with Crippen molar-refractivity contribution in [3.63, 3.8) is 0 Å². The van der Waals surface area contributed by atoms with Gasteiger partial charge in [0.05, 0.1) is 11.4 Å². The molecule has 2 aromatic rings. The van der Waals surface area contributed by atoms with Gasteiger partial charge in [-0.1, -0.05) is 16.8 Å². The summed E-state index contributed by atoms with van der Waals surface area (Å²) in [4.78, 5) is 14.1. The summed E-state index contributed by atoms with van der Waals surface area (Å²) in [6.07, 6.45) is 2.30. The number of anilines is 1. The van der Waals surface area contributed by atoms with Crippen molar-refractivity contribution in [3.05, 3.63) is 45.6 Å². The van der Waals surface area contributed by atoms with Crippen molar-refractivity contribution in [1.29, 1.82) is 0 Å². The highest BCUT2D eigenvalue weighted by molar-refractivity contribution is 6.32. The smallest absolute Gasteiger partial charge is 0.227 e. The van der Waals surface area contributed by atoms with Crippen molar-refractivity contribution in [2.24, 2.45) is 0 Å². The summed E-state index contributed by atoms with van der Waals surface area (Å²) in [7, 11) is 0. The number of fused-ring (bicyclic) bond motifs is 1. The first-order chi connectivity index (χ1) is 11.0. The Bertz CT molecular complexity index is 738. The third kappa shape index (κ3) is 2.98. The van der Waals surface area contributed by atoms with Crippen LogP contribution >= 0.6 is 11.6 Å². The van der Waals surface area contributed by atoms with Crippen LogP contribution in [0.1, 0.15) is 35.4 Å². The average molecular weight is 337 g/mol. The Morgan fingerprint density at radius 2 is 2.22 bits per heavy atom. The Kier molecular flexibility index (Phi) is 4.39. The van der Waals surface area contributed by atoms with E-state index in [1.54, 1.807) is 6.07 Å². The predicted octanol–water partition coefficient (Wildman–Crippen LogP) is 4.00. The molecule has 1 aliphatic rings. The van der Waals surface area contributed by atoms with Crippen LogP contribution in [0.3, 0.4) is 0 Å². The SMILES string of the molecule is Cc1noc(C)c1CCC(=O)N1CCCc2c(Cl)ccc(F)c21. The van der Waals surface area contributed by atoms with E-state index >= 15 is 0 Å². The first-order valence-corrected chi connectivity index (χ1v) is 8.06. The van der Waals surface area contributed by atoms with Crippen LogP contribution in [0.15, 0.2) is 16.7 Å². The molecular formula is C17H18ClFN2O2. The fraction of sp³-hybridized carbons (Fsp3) is 0.412. The minimum absolute atomic E-state index is 0.105. The van der Waals surface area contributed by atoms with Gasteiger partial charge in [-0.25, -0.2) is 4.39 Å². The zero-order valence-corrected chi connectivity index (χ0v) is 13.9. The molecule has 0 saturated heterocycles. The number of nitrogens with zero attached hydrogens (tertiary/aromatic N) is 2. The lowest BCUT2D eigenvalue weighted by molar-refractivity contribution is -0.118. The monoisotopic (exact) mass is 336 g/mol. The number of aryl methyl sites for hydroxylation is 2. The zero-order chi connectivity index (χ0) is 16.6. The summed E-state index contributed by atoms with van der Waals surface area (Å²) < 4.78 is 19.3. The van der Waals surface area contributed by atoms with E-state index in [-0.39, 0.29) is 12.3 Å².